The van der Waals surface area contributed by atoms with E-state index in [2.05, 4.69) is 16.0 Å². The summed E-state index contributed by atoms with van der Waals surface area (Å²) in [7, 11) is 1.44. The van der Waals surface area contributed by atoms with Gasteiger partial charge in [-0.2, -0.15) is 0 Å². The highest BCUT2D eigenvalue weighted by Crippen LogP contribution is 2.48. The molecule has 0 N–H and O–H groups in total. The summed E-state index contributed by atoms with van der Waals surface area (Å²) in [6.45, 7) is 1.97. The molecule has 2 aliphatic carbocycles. The Morgan fingerprint density at radius 2 is 2.11 bits per heavy atom. The number of aromatic nitrogens is 2. The predicted molar refractivity (Wildman–Crippen MR) is 66.3 cm³/mol. The lowest BCUT2D eigenvalue weighted by molar-refractivity contribution is -0.143. The van der Waals surface area contributed by atoms with Crippen LogP contribution in [0.25, 0.3) is 0 Å². The standard InChI is InChI=1S/C14H18N2O2/c1-9-8-11(10-4-3-5-10)16-12(15-9)14(6-7-14)13(17)18-2/h8,10H,3-7H2,1-2H3. The van der Waals surface area contributed by atoms with Gasteiger partial charge >= 0.3 is 5.97 Å². The van der Waals surface area contributed by atoms with Gasteiger partial charge in [-0.25, -0.2) is 9.97 Å². The Morgan fingerprint density at radius 3 is 2.61 bits per heavy atom. The molecule has 0 bridgehead atoms. The van der Waals surface area contributed by atoms with Crippen LogP contribution in [0.2, 0.25) is 0 Å². The molecule has 0 atom stereocenters. The minimum Gasteiger partial charge on any atom is -0.468 e. The molecule has 0 radical (unpaired) electrons. The number of ether oxygens (including phenoxy) is 1. The van der Waals surface area contributed by atoms with Gasteiger partial charge in [-0.1, -0.05) is 6.42 Å². The fraction of sp³-hybridized carbons (Fsp3) is 0.643. The van der Waals surface area contributed by atoms with E-state index in [4.69, 9.17) is 4.74 Å². The van der Waals surface area contributed by atoms with Crippen LogP contribution in [0.5, 0.6) is 0 Å². The lowest BCUT2D eigenvalue weighted by Crippen LogP contribution is -2.26. The molecule has 1 aromatic heterocycles. The Hall–Kier alpha value is -1.45. The van der Waals surface area contributed by atoms with Crippen molar-refractivity contribution in [2.24, 2.45) is 0 Å². The third-order valence-electron chi connectivity index (χ3n) is 4.15. The van der Waals surface area contributed by atoms with Gasteiger partial charge in [0.1, 0.15) is 11.2 Å². The van der Waals surface area contributed by atoms with Crippen molar-refractivity contribution in [3.8, 4) is 0 Å². The van der Waals surface area contributed by atoms with Crippen molar-refractivity contribution in [3.05, 3.63) is 23.3 Å². The summed E-state index contributed by atoms with van der Waals surface area (Å²) in [4.78, 5) is 21.0. The van der Waals surface area contributed by atoms with Crippen molar-refractivity contribution in [1.82, 2.24) is 9.97 Å². The van der Waals surface area contributed by atoms with Gasteiger partial charge in [-0.05, 0) is 38.7 Å². The summed E-state index contributed by atoms with van der Waals surface area (Å²) in [5.41, 5.74) is 1.52. The highest BCUT2D eigenvalue weighted by molar-refractivity contribution is 5.85. The Balaban J connectivity index is 1.97. The second-order valence-electron chi connectivity index (χ2n) is 5.46. The molecule has 4 nitrogen and oxygen atoms in total. The SMILES string of the molecule is COC(=O)C1(c2nc(C)cc(C3CCC3)n2)CC1. The molecular formula is C14H18N2O2. The molecule has 2 saturated carbocycles. The van der Waals surface area contributed by atoms with Crippen molar-refractivity contribution in [1.29, 1.82) is 0 Å². The Bertz CT molecular complexity index is 491. The van der Waals surface area contributed by atoms with Gasteiger partial charge < -0.3 is 4.74 Å². The molecule has 0 aromatic carbocycles. The maximum Gasteiger partial charge on any atom is 0.319 e. The Labute approximate surface area is 107 Å². The Kier molecular flexibility index (Phi) is 2.61. The molecule has 1 heterocycles. The molecule has 0 unspecified atom stereocenters. The fourth-order valence-corrected chi connectivity index (χ4v) is 2.56. The van der Waals surface area contributed by atoms with Crippen molar-refractivity contribution < 1.29 is 9.53 Å². The maximum atomic E-state index is 11.9. The van der Waals surface area contributed by atoms with Crippen LogP contribution in [-0.2, 0) is 14.9 Å². The molecule has 4 heteroatoms. The largest absolute Gasteiger partial charge is 0.468 e. The average molecular weight is 246 g/mol. The van der Waals surface area contributed by atoms with Crippen molar-refractivity contribution in [2.75, 3.05) is 7.11 Å². The monoisotopic (exact) mass is 246 g/mol. The first kappa shape index (κ1) is 11.6. The van der Waals surface area contributed by atoms with E-state index in [0.717, 1.165) is 24.2 Å². The number of hydrogen-bond donors (Lipinski definition) is 0. The summed E-state index contributed by atoms with van der Waals surface area (Å²) >= 11 is 0. The van der Waals surface area contributed by atoms with E-state index in [-0.39, 0.29) is 5.97 Å². The molecule has 2 fully saturated rings. The van der Waals surface area contributed by atoms with Crippen LogP contribution >= 0.6 is 0 Å². The zero-order chi connectivity index (χ0) is 12.8. The van der Waals surface area contributed by atoms with Gasteiger partial charge in [0.15, 0.2) is 0 Å². The van der Waals surface area contributed by atoms with E-state index in [0.29, 0.717) is 11.7 Å². The summed E-state index contributed by atoms with van der Waals surface area (Å²) in [6.07, 6.45) is 5.33. The van der Waals surface area contributed by atoms with Crippen LogP contribution in [0.1, 0.15) is 55.2 Å². The lowest BCUT2D eigenvalue weighted by atomic mass is 9.82. The number of hydrogen-bond acceptors (Lipinski definition) is 4. The van der Waals surface area contributed by atoms with Crippen molar-refractivity contribution in [2.45, 2.75) is 50.4 Å². The van der Waals surface area contributed by atoms with Gasteiger partial charge in [0.25, 0.3) is 0 Å². The topological polar surface area (TPSA) is 52.1 Å². The van der Waals surface area contributed by atoms with E-state index < -0.39 is 5.41 Å². The third-order valence-corrected chi connectivity index (χ3v) is 4.15. The van der Waals surface area contributed by atoms with Gasteiger partial charge in [0.2, 0.25) is 0 Å². The van der Waals surface area contributed by atoms with Crippen LogP contribution in [0.15, 0.2) is 6.07 Å². The molecule has 3 rings (SSSR count). The summed E-state index contributed by atoms with van der Waals surface area (Å²) < 4.78 is 4.89. The number of carbonyl (C=O) groups is 1. The number of aryl methyl sites for hydroxylation is 1. The predicted octanol–water partition coefficient (Wildman–Crippen LogP) is 2.26. The molecule has 1 aromatic rings. The van der Waals surface area contributed by atoms with Gasteiger partial charge in [-0.15, -0.1) is 0 Å². The molecule has 0 amide bonds. The van der Waals surface area contributed by atoms with Crippen LogP contribution < -0.4 is 0 Å². The number of rotatable bonds is 3. The van der Waals surface area contributed by atoms with Crippen LogP contribution in [0.3, 0.4) is 0 Å². The summed E-state index contributed by atoms with van der Waals surface area (Å²) in [5.74, 6) is 1.06. The highest BCUT2D eigenvalue weighted by Gasteiger charge is 2.55. The minimum atomic E-state index is -0.542. The van der Waals surface area contributed by atoms with E-state index in [1.807, 2.05) is 6.92 Å². The highest BCUT2D eigenvalue weighted by atomic mass is 16.5. The lowest BCUT2D eigenvalue weighted by Gasteiger charge is -2.25. The normalized spacial score (nSPS) is 21.2. The first-order valence-electron chi connectivity index (χ1n) is 6.60. The molecule has 18 heavy (non-hydrogen) atoms. The van der Waals surface area contributed by atoms with Crippen LogP contribution in [-0.4, -0.2) is 23.0 Å². The Morgan fingerprint density at radius 1 is 1.39 bits per heavy atom. The molecule has 2 aliphatic rings. The zero-order valence-electron chi connectivity index (χ0n) is 10.9. The van der Waals surface area contributed by atoms with E-state index in [1.165, 1.54) is 26.4 Å². The van der Waals surface area contributed by atoms with E-state index in [9.17, 15) is 4.79 Å². The second kappa shape index (κ2) is 4.04. The molecular weight excluding hydrogens is 228 g/mol. The van der Waals surface area contributed by atoms with Crippen molar-refractivity contribution in [3.63, 3.8) is 0 Å². The van der Waals surface area contributed by atoms with Gasteiger partial charge in [-0.3, -0.25) is 4.79 Å². The number of carbonyl (C=O) groups excluding carboxylic acids is 1. The van der Waals surface area contributed by atoms with E-state index >= 15 is 0 Å². The number of esters is 1. The summed E-state index contributed by atoms with van der Waals surface area (Å²) in [6, 6.07) is 2.06. The van der Waals surface area contributed by atoms with E-state index in [1.54, 1.807) is 0 Å². The number of nitrogens with zero attached hydrogens (tertiary/aromatic N) is 2. The van der Waals surface area contributed by atoms with Gasteiger partial charge in [0.05, 0.1) is 7.11 Å². The molecule has 0 spiro atoms. The zero-order valence-corrected chi connectivity index (χ0v) is 10.9. The maximum absolute atomic E-state index is 11.9. The summed E-state index contributed by atoms with van der Waals surface area (Å²) in [5, 5.41) is 0. The first-order valence-corrected chi connectivity index (χ1v) is 6.60. The average Bonchev–Trinajstić information content (AvgIpc) is 3.06. The minimum absolute atomic E-state index is 0.187. The van der Waals surface area contributed by atoms with Crippen molar-refractivity contribution >= 4 is 5.97 Å². The van der Waals surface area contributed by atoms with Gasteiger partial charge in [0, 0.05) is 17.3 Å². The number of methoxy groups -OCH3 is 1. The van der Waals surface area contributed by atoms with Crippen LogP contribution in [0, 0.1) is 6.92 Å². The van der Waals surface area contributed by atoms with Crippen LogP contribution in [0.4, 0.5) is 0 Å². The molecule has 96 valence electrons. The molecule has 0 saturated heterocycles. The fourth-order valence-electron chi connectivity index (χ4n) is 2.56. The first-order chi connectivity index (χ1) is 8.65. The second-order valence-corrected chi connectivity index (χ2v) is 5.46. The quantitative estimate of drug-likeness (QED) is 0.768. The molecule has 0 aliphatic heterocycles. The third kappa shape index (κ3) is 1.71. The smallest absolute Gasteiger partial charge is 0.319 e.